The normalized spacial score (nSPS) is 21.1. The first-order valence-electron chi connectivity index (χ1n) is 11.6. The number of benzene rings is 2. The number of aliphatic hydroxyl groups is 1. The van der Waals surface area contributed by atoms with E-state index < -0.39 is 29.9 Å². The molecular formula is C26H31F3N2O3. The number of halogens is 3. The zero-order valence-corrected chi connectivity index (χ0v) is 19.5. The second-order valence-electron chi connectivity index (χ2n) is 9.89. The van der Waals surface area contributed by atoms with Crippen LogP contribution >= 0.6 is 0 Å². The lowest BCUT2D eigenvalue weighted by molar-refractivity contribution is -0.194. The second-order valence-corrected chi connectivity index (χ2v) is 9.89. The predicted octanol–water partition coefficient (Wildman–Crippen LogP) is 4.75. The highest BCUT2D eigenvalue weighted by Gasteiger charge is 2.46. The lowest BCUT2D eigenvalue weighted by atomic mass is 9.87. The highest BCUT2D eigenvalue weighted by Crippen LogP contribution is 2.37. The Balaban J connectivity index is 1.46. The van der Waals surface area contributed by atoms with Gasteiger partial charge in [-0.05, 0) is 56.5 Å². The Kier molecular flexibility index (Phi) is 6.66. The molecule has 0 aliphatic carbocycles. The summed E-state index contributed by atoms with van der Waals surface area (Å²) in [7, 11) is 0. The molecule has 1 atom stereocenters. The van der Waals surface area contributed by atoms with Gasteiger partial charge in [0.05, 0.1) is 23.7 Å². The first-order valence-corrected chi connectivity index (χ1v) is 11.6. The molecule has 2 aromatic carbocycles. The van der Waals surface area contributed by atoms with Crippen molar-refractivity contribution in [3.63, 3.8) is 0 Å². The van der Waals surface area contributed by atoms with E-state index >= 15 is 0 Å². The van der Waals surface area contributed by atoms with Crippen molar-refractivity contribution in [1.82, 2.24) is 4.90 Å². The largest absolute Gasteiger partial charge is 0.391 e. The van der Waals surface area contributed by atoms with Crippen molar-refractivity contribution in [2.24, 2.45) is 0 Å². The molecule has 1 unspecified atom stereocenters. The van der Waals surface area contributed by atoms with Crippen LogP contribution in [0.5, 0.6) is 0 Å². The van der Waals surface area contributed by atoms with E-state index in [9.17, 15) is 23.1 Å². The molecule has 2 fully saturated rings. The molecule has 5 nitrogen and oxygen atoms in total. The zero-order valence-electron chi connectivity index (χ0n) is 19.5. The van der Waals surface area contributed by atoms with E-state index in [0.29, 0.717) is 43.6 Å². The predicted molar refractivity (Wildman–Crippen MR) is 124 cm³/mol. The van der Waals surface area contributed by atoms with Gasteiger partial charge in [-0.25, -0.2) is 0 Å². The van der Waals surface area contributed by atoms with Gasteiger partial charge in [0.2, 0.25) is 0 Å². The lowest BCUT2D eigenvalue weighted by Crippen LogP contribution is -2.60. The Morgan fingerprint density at radius 2 is 1.68 bits per heavy atom. The molecule has 2 aromatic rings. The van der Waals surface area contributed by atoms with Crippen molar-refractivity contribution in [2.75, 3.05) is 31.1 Å². The molecule has 184 valence electrons. The number of ether oxygens (including phenoxy) is 1. The minimum Gasteiger partial charge on any atom is -0.386 e. The van der Waals surface area contributed by atoms with Gasteiger partial charge < -0.3 is 19.6 Å². The molecule has 8 heteroatoms. The highest BCUT2D eigenvalue weighted by molar-refractivity contribution is 5.94. The first kappa shape index (κ1) is 24.5. The second kappa shape index (κ2) is 9.23. The third-order valence-electron chi connectivity index (χ3n) is 6.70. The Morgan fingerprint density at radius 1 is 1.06 bits per heavy atom. The summed E-state index contributed by atoms with van der Waals surface area (Å²) < 4.78 is 45.7. The van der Waals surface area contributed by atoms with Gasteiger partial charge in [-0.15, -0.1) is 0 Å². The van der Waals surface area contributed by atoms with Crippen molar-refractivity contribution in [1.29, 1.82) is 0 Å². The molecule has 0 radical (unpaired) electrons. The molecule has 0 bridgehead atoms. The fourth-order valence-corrected chi connectivity index (χ4v) is 4.88. The molecule has 2 aliphatic heterocycles. The highest BCUT2D eigenvalue weighted by atomic mass is 19.4. The number of likely N-dealkylation sites (tertiary alicyclic amines) is 1. The Bertz CT molecular complexity index is 979. The van der Waals surface area contributed by atoms with E-state index in [0.717, 1.165) is 5.69 Å². The molecule has 2 saturated heterocycles. The summed E-state index contributed by atoms with van der Waals surface area (Å²) in [6.45, 7) is 4.86. The van der Waals surface area contributed by atoms with Crippen molar-refractivity contribution in [3.8, 4) is 0 Å². The fourth-order valence-electron chi connectivity index (χ4n) is 4.88. The van der Waals surface area contributed by atoms with Gasteiger partial charge in [0, 0.05) is 37.4 Å². The summed E-state index contributed by atoms with van der Waals surface area (Å²) in [4.78, 5) is 16.7. The number of piperidine rings is 1. The van der Waals surface area contributed by atoms with Crippen LogP contribution in [0.4, 0.5) is 18.9 Å². The molecule has 4 rings (SSSR count). The average molecular weight is 477 g/mol. The molecular weight excluding hydrogens is 445 g/mol. The number of rotatable bonds is 4. The van der Waals surface area contributed by atoms with Gasteiger partial charge in [0.1, 0.15) is 0 Å². The van der Waals surface area contributed by atoms with E-state index in [-0.39, 0.29) is 12.5 Å². The average Bonchev–Trinajstić information content (AvgIpc) is 2.78. The third kappa shape index (κ3) is 5.73. The maximum absolute atomic E-state index is 13.2. The van der Waals surface area contributed by atoms with E-state index in [1.54, 1.807) is 43.0 Å². The van der Waals surface area contributed by atoms with Crippen LogP contribution in [0.15, 0.2) is 54.6 Å². The van der Waals surface area contributed by atoms with Crippen LogP contribution in [0.2, 0.25) is 0 Å². The van der Waals surface area contributed by atoms with Crippen LogP contribution in [0.3, 0.4) is 0 Å². The van der Waals surface area contributed by atoms with Crippen molar-refractivity contribution < 1.29 is 27.8 Å². The number of para-hydroxylation sites is 1. The molecule has 1 spiro atoms. The van der Waals surface area contributed by atoms with Crippen molar-refractivity contribution >= 4 is 11.6 Å². The number of nitrogens with zero attached hydrogens (tertiary/aromatic N) is 2. The Morgan fingerprint density at radius 3 is 2.24 bits per heavy atom. The van der Waals surface area contributed by atoms with E-state index in [2.05, 4.69) is 0 Å². The van der Waals surface area contributed by atoms with Crippen LogP contribution in [0.1, 0.15) is 49.0 Å². The minimum absolute atomic E-state index is 0.125. The number of carbonyl (C=O) groups excluding carboxylic acids is 1. The van der Waals surface area contributed by atoms with Gasteiger partial charge in [-0.2, -0.15) is 13.2 Å². The lowest BCUT2D eigenvalue weighted by Gasteiger charge is -2.50. The molecule has 2 aliphatic rings. The van der Waals surface area contributed by atoms with E-state index in [1.165, 1.54) is 0 Å². The number of carbonyl (C=O) groups is 1. The number of hydrogen-bond donors (Lipinski definition) is 1. The maximum Gasteiger partial charge on any atom is 0.391 e. The SMILES string of the molecule is CC(C)(O)c1ccc(C(=O)N2CCC3(CC2)CN(c2ccccc2)CC(CC(F)(F)F)O3)cc1. The molecule has 0 saturated carbocycles. The van der Waals surface area contributed by atoms with Crippen LogP contribution in [-0.4, -0.2) is 60.0 Å². The summed E-state index contributed by atoms with van der Waals surface area (Å²) in [5.74, 6) is -0.125. The van der Waals surface area contributed by atoms with Gasteiger partial charge in [-0.1, -0.05) is 30.3 Å². The monoisotopic (exact) mass is 476 g/mol. The van der Waals surface area contributed by atoms with Gasteiger partial charge >= 0.3 is 6.18 Å². The van der Waals surface area contributed by atoms with Crippen LogP contribution < -0.4 is 4.90 Å². The Labute approximate surface area is 198 Å². The Hall–Kier alpha value is -2.58. The summed E-state index contributed by atoms with van der Waals surface area (Å²) in [5.41, 5.74) is 0.395. The van der Waals surface area contributed by atoms with Crippen molar-refractivity contribution in [2.45, 2.75) is 56.6 Å². The summed E-state index contributed by atoms with van der Waals surface area (Å²) in [5, 5.41) is 10.1. The molecule has 1 N–H and O–H groups in total. The third-order valence-corrected chi connectivity index (χ3v) is 6.70. The van der Waals surface area contributed by atoms with Crippen LogP contribution in [0, 0.1) is 0 Å². The van der Waals surface area contributed by atoms with Crippen molar-refractivity contribution in [3.05, 3.63) is 65.7 Å². The van der Waals surface area contributed by atoms with E-state index in [4.69, 9.17) is 4.74 Å². The smallest absolute Gasteiger partial charge is 0.386 e. The van der Waals surface area contributed by atoms with E-state index in [1.807, 2.05) is 35.2 Å². The molecule has 34 heavy (non-hydrogen) atoms. The van der Waals surface area contributed by atoms with Gasteiger partial charge in [-0.3, -0.25) is 4.79 Å². The maximum atomic E-state index is 13.2. The van der Waals surface area contributed by atoms with Crippen LogP contribution in [0.25, 0.3) is 0 Å². The zero-order chi connectivity index (χ0) is 24.6. The number of alkyl halides is 3. The fraction of sp³-hybridized carbons (Fsp3) is 0.500. The number of morpholine rings is 1. The minimum atomic E-state index is -4.31. The first-order chi connectivity index (χ1) is 15.9. The topological polar surface area (TPSA) is 53.0 Å². The van der Waals surface area contributed by atoms with Gasteiger partial charge in [0.15, 0.2) is 0 Å². The quantitative estimate of drug-likeness (QED) is 0.692. The molecule has 2 heterocycles. The summed E-state index contributed by atoms with van der Waals surface area (Å²) in [6.07, 6.45) is -5.31. The molecule has 0 aromatic heterocycles. The summed E-state index contributed by atoms with van der Waals surface area (Å²) in [6, 6.07) is 16.3. The number of hydrogen-bond acceptors (Lipinski definition) is 4. The number of amides is 1. The van der Waals surface area contributed by atoms with Crippen LogP contribution in [-0.2, 0) is 10.3 Å². The number of anilines is 1. The van der Waals surface area contributed by atoms with Gasteiger partial charge in [0.25, 0.3) is 5.91 Å². The standard InChI is InChI=1S/C26H31F3N2O3/c1-24(2,33)20-10-8-19(9-11-20)23(32)30-14-12-25(13-15-30)18-31(21-6-4-3-5-7-21)17-22(34-25)16-26(27,28)29/h3-11,22,33H,12-18H2,1-2H3. The summed E-state index contributed by atoms with van der Waals surface area (Å²) >= 11 is 0. The molecule has 1 amide bonds.